The molecule has 2 heterocycles. The van der Waals surface area contributed by atoms with E-state index < -0.39 is 0 Å². The van der Waals surface area contributed by atoms with Crippen molar-refractivity contribution in [3.63, 3.8) is 0 Å². The van der Waals surface area contributed by atoms with E-state index in [2.05, 4.69) is 67.2 Å². The monoisotopic (exact) mass is 420 g/mol. The number of thiophene rings is 1. The average molecular weight is 422 g/mol. The van der Waals surface area contributed by atoms with Crippen LogP contribution in [-0.2, 0) is 13.0 Å². The Morgan fingerprint density at radius 3 is 2.80 bits per heavy atom. The maximum atomic E-state index is 4.40. The lowest BCUT2D eigenvalue weighted by atomic mass is 10.1. The molecular formula is C13H18Br2N4S. The summed E-state index contributed by atoms with van der Waals surface area (Å²) in [4.78, 5) is 5.71. The molecule has 2 aromatic heterocycles. The van der Waals surface area contributed by atoms with Gasteiger partial charge in [0.25, 0.3) is 0 Å². The van der Waals surface area contributed by atoms with Crippen LogP contribution < -0.4 is 5.32 Å². The summed E-state index contributed by atoms with van der Waals surface area (Å²) in [6.45, 7) is 6.13. The minimum absolute atomic E-state index is 0.271. The van der Waals surface area contributed by atoms with E-state index in [0.717, 1.165) is 40.0 Å². The van der Waals surface area contributed by atoms with Gasteiger partial charge in [-0.15, -0.1) is 11.3 Å². The van der Waals surface area contributed by atoms with Crippen LogP contribution in [0.1, 0.15) is 37.0 Å². The van der Waals surface area contributed by atoms with Crippen LogP contribution in [0.4, 0.5) is 0 Å². The van der Waals surface area contributed by atoms with Gasteiger partial charge in [0.1, 0.15) is 12.2 Å². The SMILES string of the molecule is CCCn1ncnc1CC(NCC)c1cc(Br)c(Br)s1. The predicted molar refractivity (Wildman–Crippen MR) is 90.2 cm³/mol. The molecule has 2 aromatic rings. The van der Waals surface area contributed by atoms with Gasteiger partial charge >= 0.3 is 0 Å². The fraction of sp³-hybridized carbons (Fsp3) is 0.538. The van der Waals surface area contributed by atoms with E-state index in [1.54, 1.807) is 17.7 Å². The molecule has 0 aliphatic carbocycles. The van der Waals surface area contributed by atoms with Gasteiger partial charge in [0.2, 0.25) is 0 Å². The molecule has 4 nitrogen and oxygen atoms in total. The van der Waals surface area contributed by atoms with Crippen LogP contribution in [0.25, 0.3) is 0 Å². The molecule has 0 bridgehead atoms. The third kappa shape index (κ3) is 3.90. The molecule has 0 aliphatic heterocycles. The first-order valence-electron chi connectivity index (χ1n) is 6.70. The summed E-state index contributed by atoms with van der Waals surface area (Å²) in [6, 6.07) is 2.44. The highest BCUT2D eigenvalue weighted by molar-refractivity contribution is 9.13. The number of likely N-dealkylation sites (N-methyl/N-ethyl adjacent to an activating group) is 1. The summed E-state index contributed by atoms with van der Waals surface area (Å²) >= 11 is 8.87. The minimum Gasteiger partial charge on any atom is -0.309 e. The van der Waals surface area contributed by atoms with Gasteiger partial charge in [0.15, 0.2) is 0 Å². The second-order valence-corrected chi connectivity index (χ2v) is 7.74. The Kier molecular flexibility index (Phi) is 6.20. The summed E-state index contributed by atoms with van der Waals surface area (Å²) in [6.07, 6.45) is 3.57. The van der Waals surface area contributed by atoms with Crippen molar-refractivity contribution in [1.29, 1.82) is 0 Å². The Bertz CT molecular complexity index is 533. The minimum atomic E-state index is 0.271. The number of hydrogen-bond acceptors (Lipinski definition) is 4. The zero-order valence-corrected chi connectivity index (χ0v) is 15.6. The van der Waals surface area contributed by atoms with Gasteiger partial charge in [-0.05, 0) is 50.9 Å². The average Bonchev–Trinajstić information content (AvgIpc) is 2.98. The summed E-state index contributed by atoms with van der Waals surface area (Å²) in [5.41, 5.74) is 0. The molecule has 110 valence electrons. The highest BCUT2D eigenvalue weighted by Crippen LogP contribution is 2.36. The fourth-order valence-corrected chi connectivity index (χ4v) is 4.25. The number of halogens is 2. The van der Waals surface area contributed by atoms with Gasteiger partial charge in [0, 0.05) is 28.4 Å². The maximum Gasteiger partial charge on any atom is 0.138 e. The zero-order valence-electron chi connectivity index (χ0n) is 11.6. The van der Waals surface area contributed by atoms with Crippen molar-refractivity contribution >= 4 is 43.2 Å². The molecule has 0 radical (unpaired) electrons. The van der Waals surface area contributed by atoms with Gasteiger partial charge in [-0.25, -0.2) is 4.98 Å². The van der Waals surface area contributed by atoms with Crippen molar-refractivity contribution in [2.24, 2.45) is 0 Å². The molecule has 0 aliphatic rings. The van der Waals surface area contributed by atoms with Crippen LogP contribution in [0.2, 0.25) is 0 Å². The number of nitrogens with zero attached hydrogens (tertiary/aromatic N) is 3. The Morgan fingerprint density at radius 2 is 2.20 bits per heavy atom. The highest BCUT2D eigenvalue weighted by atomic mass is 79.9. The summed E-state index contributed by atoms with van der Waals surface area (Å²) in [5.74, 6) is 1.04. The summed E-state index contributed by atoms with van der Waals surface area (Å²) < 4.78 is 4.24. The van der Waals surface area contributed by atoms with Gasteiger partial charge < -0.3 is 5.32 Å². The fourth-order valence-electron chi connectivity index (χ4n) is 2.08. The molecule has 0 aromatic carbocycles. The summed E-state index contributed by atoms with van der Waals surface area (Å²) in [5, 5.41) is 7.83. The second-order valence-electron chi connectivity index (χ2n) is 4.48. The van der Waals surface area contributed by atoms with Crippen LogP contribution in [0.3, 0.4) is 0 Å². The van der Waals surface area contributed by atoms with Crippen molar-refractivity contribution in [2.45, 2.75) is 39.3 Å². The van der Waals surface area contributed by atoms with Crippen molar-refractivity contribution in [2.75, 3.05) is 6.54 Å². The number of nitrogens with one attached hydrogen (secondary N) is 1. The zero-order chi connectivity index (χ0) is 14.5. The molecule has 1 N–H and O–H groups in total. The topological polar surface area (TPSA) is 42.7 Å². The Balaban J connectivity index is 2.18. The molecule has 1 atom stereocenters. The molecule has 2 rings (SSSR count). The van der Waals surface area contributed by atoms with E-state index >= 15 is 0 Å². The van der Waals surface area contributed by atoms with Crippen molar-refractivity contribution in [3.8, 4) is 0 Å². The van der Waals surface area contributed by atoms with Crippen LogP contribution in [0.15, 0.2) is 20.7 Å². The molecule has 0 spiro atoms. The molecule has 20 heavy (non-hydrogen) atoms. The first-order chi connectivity index (χ1) is 9.65. The Morgan fingerprint density at radius 1 is 1.40 bits per heavy atom. The smallest absolute Gasteiger partial charge is 0.138 e. The highest BCUT2D eigenvalue weighted by Gasteiger charge is 2.18. The van der Waals surface area contributed by atoms with Gasteiger partial charge in [-0.3, -0.25) is 4.68 Å². The first kappa shape index (κ1) is 16.1. The lowest BCUT2D eigenvalue weighted by molar-refractivity contribution is 0.503. The van der Waals surface area contributed by atoms with Crippen molar-refractivity contribution < 1.29 is 0 Å². The second kappa shape index (κ2) is 7.68. The third-order valence-corrected chi connectivity index (χ3v) is 6.35. The van der Waals surface area contributed by atoms with Crippen molar-refractivity contribution in [3.05, 3.63) is 31.4 Å². The number of aromatic nitrogens is 3. The summed E-state index contributed by atoms with van der Waals surface area (Å²) in [7, 11) is 0. The van der Waals surface area contributed by atoms with Gasteiger partial charge in [0.05, 0.1) is 3.79 Å². The van der Waals surface area contributed by atoms with Crippen LogP contribution >= 0.6 is 43.2 Å². The lowest BCUT2D eigenvalue weighted by Gasteiger charge is -2.16. The normalized spacial score (nSPS) is 12.8. The van der Waals surface area contributed by atoms with Crippen molar-refractivity contribution in [1.82, 2.24) is 20.1 Å². The van der Waals surface area contributed by atoms with E-state index in [1.807, 2.05) is 4.68 Å². The molecule has 0 amide bonds. The van der Waals surface area contributed by atoms with Gasteiger partial charge in [-0.1, -0.05) is 13.8 Å². The number of rotatable bonds is 7. The van der Waals surface area contributed by atoms with Crippen LogP contribution in [0, 0.1) is 0 Å². The molecule has 0 fully saturated rings. The first-order valence-corrected chi connectivity index (χ1v) is 9.10. The Labute approximate surface area is 140 Å². The largest absolute Gasteiger partial charge is 0.309 e. The van der Waals surface area contributed by atoms with E-state index in [0.29, 0.717) is 0 Å². The lowest BCUT2D eigenvalue weighted by Crippen LogP contribution is -2.23. The van der Waals surface area contributed by atoms with Crippen LogP contribution in [-0.4, -0.2) is 21.3 Å². The molecule has 7 heteroatoms. The van der Waals surface area contributed by atoms with Crippen LogP contribution in [0.5, 0.6) is 0 Å². The van der Waals surface area contributed by atoms with Gasteiger partial charge in [-0.2, -0.15) is 5.10 Å². The quantitative estimate of drug-likeness (QED) is 0.729. The Hall–Kier alpha value is -0.240. The standard InChI is InChI=1S/C13H18Br2N4S/c1-3-5-19-12(17-8-18-19)7-10(16-4-2)11-6-9(14)13(15)20-11/h6,8,10,16H,3-5,7H2,1-2H3. The number of hydrogen-bond donors (Lipinski definition) is 1. The molecular weight excluding hydrogens is 404 g/mol. The maximum absolute atomic E-state index is 4.40. The van der Waals surface area contributed by atoms with E-state index in [-0.39, 0.29) is 6.04 Å². The third-order valence-electron chi connectivity index (χ3n) is 2.98. The molecule has 0 saturated carbocycles. The van der Waals surface area contributed by atoms with E-state index in [4.69, 9.17) is 0 Å². The predicted octanol–water partition coefficient (Wildman–Crippen LogP) is 4.17. The number of aryl methyl sites for hydroxylation is 1. The molecule has 0 saturated heterocycles. The van der Waals surface area contributed by atoms with E-state index in [1.165, 1.54) is 4.88 Å². The molecule has 1 unspecified atom stereocenters. The van der Waals surface area contributed by atoms with E-state index in [9.17, 15) is 0 Å².